The largest absolute Gasteiger partial charge is 0.493 e. The van der Waals surface area contributed by atoms with Crippen LogP contribution in [0.4, 0.5) is 4.39 Å². The van der Waals surface area contributed by atoms with E-state index in [-0.39, 0.29) is 11.7 Å². The second-order valence-corrected chi connectivity index (χ2v) is 9.22. The minimum atomic E-state index is -0.231. The fourth-order valence-electron chi connectivity index (χ4n) is 4.01. The average molecular weight is 500 g/mol. The number of carbonyl (C=O) groups is 1. The molecule has 3 aromatic rings. The molecule has 1 aromatic heterocycles. The van der Waals surface area contributed by atoms with Gasteiger partial charge in [0.15, 0.2) is 11.5 Å². The molecule has 0 atom stereocenters. The van der Waals surface area contributed by atoms with Crippen molar-refractivity contribution in [3.05, 3.63) is 75.5 Å². The number of thiazole rings is 1. The van der Waals surface area contributed by atoms with Crippen LogP contribution in [0, 0.1) is 5.82 Å². The summed E-state index contributed by atoms with van der Waals surface area (Å²) in [6, 6.07) is 12.7. The van der Waals surface area contributed by atoms with Crippen molar-refractivity contribution >= 4 is 17.2 Å². The zero-order chi connectivity index (χ0) is 24.6. The van der Waals surface area contributed by atoms with Crippen LogP contribution in [0.5, 0.6) is 11.5 Å². The van der Waals surface area contributed by atoms with Gasteiger partial charge in [-0.25, -0.2) is 9.37 Å². The summed E-state index contributed by atoms with van der Waals surface area (Å²) in [5, 5.41) is 2.63. The van der Waals surface area contributed by atoms with Crippen LogP contribution in [0.2, 0.25) is 0 Å². The van der Waals surface area contributed by atoms with Gasteiger partial charge < -0.3 is 19.1 Å². The van der Waals surface area contributed by atoms with Gasteiger partial charge in [-0.1, -0.05) is 24.3 Å². The Hall–Kier alpha value is -3.01. The molecule has 1 saturated heterocycles. The molecule has 2 heterocycles. The van der Waals surface area contributed by atoms with E-state index in [1.807, 2.05) is 29.6 Å². The molecule has 9 heteroatoms. The van der Waals surface area contributed by atoms with Gasteiger partial charge in [0.2, 0.25) is 0 Å². The smallest absolute Gasteiger partial charge is 0.273 e. The predicted octanol–water partition coefficient (Wildman–Crippen LogP) is 4.02. The van der Waals surface area contributed by atoms with E-state index >= 15 is 0 Å². The highest BCUT2D eigenvalue weighted by Gasteiger charge is 2.21. The molecule has 1 amide bonds. The van der Waals surface area contributed by atoms with E-state index in [2.05, 4.69) is 9.88 Å². The van der Waals surface area contributed by atoms with Crippen LogP contribution >= 0.6 is 11.3 Å². The van der Waals surface area contributed by atoms with E-state index in [1.165, 1.54) is 17.4 Å². The topological polar surface area (TPSA) is 64.1 Å². The number of rotatable bonds is 10. The minimum Gasteiger partial charge on any atom is -0.493 e. The average Bonchev–Trinajstić information content (AvgIpc) is 3.36. The Balaban J connectivity index is 1.47. The monoisotopic (exact) mass is 499 g/mol. The highest BCUT2D eigenvalue weighted by Crippen LogP contribution is 2.28. The molecule has 1 fully saturated rings. The SMILES string of the molecule is COc1ccc(CCN(Cc2nc(C(=O)N3CCOCC3)cs2)Cc2ccccc2F)cc1OC. The second-order valence-electron chi connectivity index (χ2n) is 8.27. The first-order chi connectivity index (χ1) is 17.1. The Labute approximate surface area is 209 Å². The van der Waals surface area contributed by atoms with Crippen molar-refractivity contribution in [1.82, 2.24) is 14.8 Å². The van der Waals surface area contributed by atoms with Crippen molar-refractivity contribution < 1.29 is 23.4 Å². The molecule has 1 aliphatic rings. The van der Waals surface area contributed by atoms with Crippen molar-refractivity contribution in [3.63, 3.8) is 0 Å². The lowest BCUT2D eigenvalue weighted by molar-refractivity contribution is 0.0299. The van der Waals surface area contributed by atoms with Crippen molar-refractivity contribution in [2.45, 2.75) is 19.5 Å². The number of nitrogens with zero attached hydrogens (tertiary/aromatic N) is 3. The lowest BCUT2D eigenvalue weighted by atomic mass is 10.1. The summed E-state index contributed by atoms with van der Waals surface area (Å²) < 4.78 is 30.5. The third-order valence-corrected chi connectivity index (χ3v) is 6.78. The number of hydrogen-bond acceptors (Lipinski definition) is 7. The second kappa shape index (κ2) is 12.1. The van der Waals surface area contributed by atoms with Crippen LogP contribution in [0.15, 0.2) is 47.8 Å². The van der Waals surface area contributed by atoms with Crippen LogP contribution in [0.3, 0.4) is 0 Å². The molecule has 0 radical (unpaired) electrons. The first-order valence-corrected chi connectivity index (χ1v) is 12.4. The number of hydrogen-bond donors (Lipinski definition) is 0. The van der Waals surface area contributed by atoms with Crippen molar-refractivity contribution in [3.8, 4) is 11.5 Å². The van der Waals surface area contributed by atoms with Gasteiger partial charge >= 0.3 is 0 Å². The summed E-state index contributed by atoms with van der Waals surface area (Å²) in [5.74, 6) is 1.06. The Bertz CT molecular complexity index is 1130. The number of benzene rings is 2. The Morgan fingerprint density at radius 3 is 2.63 bits per heavy atom. The molecule has 186 valence electrons. The summed E-state index contributed by atoms with van der Waals surface area (Å²) in [6.07, 6.45) is 0.736. The first-order valence-electron chi connectivity index (χ1n) is 11.6. The van der Waals surface area contributed by atoms with E-state index in [0.29, 0.717) is 68.7 Å². The molecule has 35 heavy (non-hydrogen) atoms. The lowest BCUT2D eigenvalue weighted by Crippen LogP contribution is -2.40. The van der Waals surface area contributed by atoms with Gasteiger partial charge in [0.05, 0.1) is 34.0 Å². The van der Waals surface area contributed by atoms with E-state index in [1.54, 1.807) is 31.3 Å². The number of ether oxygens (including phenoxy) is 3. The molecule has 1 aliphatic heterocycles. The molecular weight excluding hydrogens is 469 g/mol. The Kier molecular flexibility index (Phi) is 8.68. The standard InChI is InChI=1S/C26H30FN3O4S/c1-32-23-8-7-19(15-24(23)33-2)9-10-29(16-20-5-3-4-6-21(20)27)17-25-28-22(18-35-25)26(31)30-11-13-34-14-12-30/h3-8,15,18H,9-14,16-17H2,1-2H3. The number of halogens is 1. The Morgan fingerprint density at radius 2 is 1.89 bits per heavy atom. The number of morpholine rings is 1. The summed E-state index contributed by atoms with van der Waals surface area (Å²) in [5.41, 5.74) is 2.17. The molecule has 7 nitrogen and oxygen atoms in total. The molecule has 0 saturated carbocycles. The first kappa shape index (κ1) is 25.1. The fraction of sp³-hybridized carbons (Fsp3) is 0.385. The molecular formula is C26H30FN3O4S. The molecule has 0 spiro atoms. The van der Waals surface area contributed by atoms with Gasteiger partial charge in [-0.05, 0) is 30.2 Å². The van der Waals surface area contributed by atoms with Gasteiger partial charge in [0.25, 0.3) is 5.91 Å². The molecule has 2 aromatic carbocycles. The van der Waals surface area contributed by atoms with Crippen LogP contribution < -0.4 is 9.47 Å². The third-order valence-electron chi connectivity index (χ3n) is 5.94. The molecule has 0 bridgehead atoms. The van der Waals surface area contributed by atoms with Crippen LogP contribution in [0.25, 0.3) is 0 Å². The third kappa shape index (κ3) is 6.56. The summed E-state index contributed by atoms with van der Waals surface area (Å²) in [6.45, 7) is 3.89. The van der Waals surface area contributed by atoms with E-state index in [4.69, 9.17) is 14.2 Å². The van der Waals surface area contributed by atoms with Crippen LogP contribution in [0.1, 0.15) is 26.6 Å². The van der Waals surface area contributed by atoms with Crippen molar-refractivity contribution in [1.29, 1.82) is 0 Å². The van der Waals surface area contributed by atoms with E-state index in [0.717, 1.165) is 17.0 Å². The van der Waals surface area contributed by atoms with Gasteiger partial charge in [0.1, 0.15) is 16.5 Å². The van der Waals surface area contributed by atoms with Gasteiger partial charge in [-0.2, -0.15) is 0 Å². The molecule has 0 unspecified atom stereocenters. The highest BCUT2D eigenvalue weighted by atomic mass is 32.1. The van der Waals surface area contributed by atoms with Crippen molar-refractivity contribution in [2.75, 3.05) is 47.1 Å². The minimum absolute atomic E-state index is 0.0678. The van der Waals surface area contributed by atoms with Crippen molar-refractivity contribution in [2.24, 2.45) is 0 Å². The number of aromatic nitrogens is 1. The molecule has 4 rings (SSSR count). The molecule has 0 N–H and O–H groups in total. The number of methoxy groups -OCH3 is 2. The maximum Gasteiger partial charge on any atom is 0.273 e. The maximum absolute atomic E-state index is 14.4. The Morgan fingerprint density at radius 1 is 1.11 bits per heavy atom. The predicted molar refractivity (Wildman–Crippen MR) is 133 cm³/mol. The van der Waals surface area contributed by atoms with Gasteiger partial charge in [-0.15, -0.1) is 11.3 Å². The number of amides is 1. The quantitative estimate of drug-likeness (QED) is 0.420. The van der Waals surface area contributed by atoms with Gasteiger partial charge in [0, 0.05) is 37.1 Å². The summed E-state index contributed by atoms with van der Waals surface area (Å²) in [7, 11) is 3.23. The zero-order valence-corrected chi connectivity index (χ0v) is 20.9. The fourth-order valence-corrected chi connectivity index (χ4v) is 4.82. The normalized spacial score (nSPS) is 13.8. The van der Waals surface area contributed by atoms with Crippen LogP contribution in [-0.2, 0) is 24.2 Å². The summed E-state index contributed by atoms with van der Waals surface area (Å²) in [4.78, 5) is 21.3. The van der Waals surface area contributed by atoms with E-state index in [9.17, 15) is 9.18 Å². The van der Waals surface area contributed by atoms with E-state index < -0.39 is 0 Å². The number of carbonyl (C=O) groups excluding carboxylic acids is 1. The van der Waals surface area contributed by atoms with Crippen LogP contribution in [-0.4, -0.2) is 67.8 Å². The summed E-state index contributed by atoms with van der Waals surface area (Å²) >= 11 is 1.46. The maximum atomic E-state index is 14.4. The zero-order valence-electron chi connectivity index (χ0n) is 20.0. The van der Waals surface area contributed by atoms with Gasteiger partial charge in [-0.3, -0.25) is 9.69 Å². The molecule has 0 aliphatic carbocycles. The highest BCUT2D eigenvalue weighted by molar-refractivity contribution is 7.09. The lowest BCUT2D eigenvalue weighted by Gasteiger charge is -2.26.